The molecule has 1 fully saturated rings. The number of piperazine rings is 1. The Morgan fingerprint density at radius 2 is 1.76 bits per heavy atom. The molecule has 3 aromatic rings. The maximum Gasteiger partial charge on any atom is 0.267 e. The van der Waals surface area contributed by atoms with Crippen LogP contribution in [0.4, 0.5) is 5.95 Å². The van der Waals surface area contributed by atoms with E-state index in [9.17, 15) is 9.59 Å². The number of carbonyl (C=O) groups excluding carboxylic acids is 1. The highest BCUT2D eigenvalue weighted by atomic mass is 32.1. The van der Waals surface area contributed by atoms with E-state index in [1.54, 1.807) is 54.6 Å². The number of rotatable bonds is 4. The molecule has 1 aliphatic heterocycles. The summed E-state index contributed by atoms with van der Waals surface area (Å²) in [4.78, 5) is 39.1. The summed E-state index contributed by atoms with van der Waals surface area (Å²) in [5, 5.41) is 6.46. The first-order valence-corrected chi connectivity index (χ1v) is 10.3. The van der Waals surface area contributed by atoms with Crippen molar-refractivity contribution in [3.05, 3.63) is 58.5 Å². The minimum atomic E-state index is -1.09. The summed E-state index contributed by atoms with van der Waals surface area (Å²) in [7, 11) is 0. The fraction of sp³-hybridized carbons (Fsp3) is 0.350. The maximum atomic E-state index is 13.3. The first-order chi connectivity index (χ1) is 14.0. The van der Waals surface area contributed by atoms with Crippen molar-refractivity contribution < 1.29 is 4.79 Å². The molecule has 0 aromatic carbocycles. The van der Waals surface area contributed by atoms with Crippen LogP contribution in [0, 0.1) is 0 Å². The summed E-state index contributed by atoms with van der Waals surface area (Å²) >= 11 is 1.55. The average Bonchev–Trinajstić information content (AvgIpc) is 3.29. The number of hydrogen-bond acceptors (Lipinski definition) is 7. The Morgan fingerprint density at radius 1 is 1.03 bits per heavy atom. The zero-order chi connectivity index (χ0) is 20.4. The van der Waals surface area contributed by atoms with Crippen molar-refractivity contribution in [1.82, 2.24) is 24.6 Å². The van der Waals surface area contributed by atoms with Crippen LogP contribution in [-0.4, -0.2) is 56.7 Å². The molecule has 0 N–H and O–H groups in total. The Balaban J connectivity index is 1.53. The third kappa shape index (κ3) is 3.77. The smallest absolute Gasteiger partial charge is 0.267 e. The first-order valence-electron chi connectivity index (χ1n) is 9.43. The molecule has 9 heteroatoms. The van der Waals surface area contributed by atoms with Gasteiger partial charge in [-0.25, -0.2) is 14.6 Å². The van der Waals surface area contributed by atoms with Crippen LogP contribution in [0.25, 0.3) is 10.6 Å². The number of thiophene rings is 1. The van der Waals surface area contributed by atoms with Crippen LogP contribution in [0.3, 0.4) is 0 Å². The van der Waals surface area contributed by atoms with Gasteiger partial charge in [0.25, 0.3) is 5.56 Å². The largest absolute Gasteiger partial charge is 0.337 e. The Bertz CT molecular complexity index is 1040. The van der Waals surface area contributed by atoms with Crippen molar-refractivity contribution in [2.75, 3.05) is 31.1 Å². The number of aromatic nitrogens is 4. The van der Waals surface area contributed by atoms with E-state index in [0.717, 1.165) is 4.88 Å². The number of hydrogen-bond donors (Lipinski definition) is 0. The van der Waals surface area contributed by atoms with E-state index in [1.807, 2.05) is 17.5 Å². The molecule has 0 aliphatic carbocycles. The number of nitrogens with zero attached hydrogens (tertiary/aromatic N) is 6. The van der Waals surface area contributed by atoms with E-state index in [1.165, 1.54) is 10.7 Å². The average molecular weight is 411 g/mol. The van der Waals surface area contributed by atoms with Gasteiger partial charge in [-0.2, -0.15) is 5.10 Å². The van der Waals surface area contributed by atoms with Gasteiger partial charge in [0.15, 0.2) is 0 Å². The Labute approximate surface area is 172 Å². The Morgan fingerprint density at radius 3 is 2.41 bits per heavy atom. The van der Waals surface area contributed by atoms with E-state index in [-0.39, 0.29) is 11.5 Å². The second-order valence-corrected chi connectivity index (χ2v) is 8.28. The molecule has 0 spiro atoms. The van der Waals surface area contributed by atoms with Crippen LogP contribution in [0.5, 0.6) is 0 Å². The predicted octanol–water partition coefficient (Wildman–Crippen LogP) is 1.85. The van der Waals surface area contributed by atoms with Crippen molar-refractivity contribution in [3.8, 4) is 10.6 Å². The minimum absolute atomic E-state index is 0.121. The minimum Gasteiger partial charge on any atom is -0.337 e. The lowest BCUT2D eigenvalue weighted by molar-refractivity contribution is -0.140. The van der Waals surface area contributed by atoms with E-state index in [2.05, 4.69) is 20.0 Å². The van der Waals surface area contributed by atoms with E-state index in [4.69, 9.17) is 0 Å². The van der Waals surface area contributed by atoms with Crippen LogP contribution in [0.1, 0.15) is 13.8 Å². The van der Waals surface area contributed by atoms with Gasteiger partial charge in [0.2, 0.25) is 11.9 Å². The van der Waals surface area contributed by atoms with Crippen molar-refractivity contribution in [2.24, 2.45) is 0 Å². The summed E-state index contributed by atoms with van der Waals surface area (Å²) in [5.41, 5.74) is -0.693. The van der Waals surface area contributed by atoms with Gasteiger partial charge in [0.05, 0.1) is 4.88 Å². The lowest BCUT2D eigenvalue weighted by Crippen LogP contribution is -2.56. The van der Waals surface area contributed by atoms with Gasteiger partial charge in [0.1, 0.15) is 11.2 Å². The standard InChI is InChI=1S/C20H22N6O2S/c1-20(2,26-17(27)7-6-15(23-26)16-5-3-14-29-16)18(28)24-10-12-25(13-11-24)19-21-8-4-9-22-19/h3-9,14H,10-13H2,1-2H3. The van der Waals surface area contributed by atoms with Crippen molar-refractivity contribution in [3.63, 3.8) is 0 Å². The van der Waals surface area contributed by atoms with Gasteiger partial charge in [-0.3, -0.25) is 9.59 Å². The van der Waals surface area contributed by atoms with Gasteiger partial charge in [0, 0.05) is 44.6 Å². The number of amides is 1. The van der Waals surface area contributed by atoms with Gasteiger partial charge in [-0.1, -0.05) is 6.07 Å². The highest BCUT2D eigenvalue weighted by molar-refractivity contribution is 7.13. The van der Waals surface area contributed by atoms with Gasteiger partial charge in [-0.05, 0) is 37.4 Å². The molecule has 1 saturated heterocycles. The quantitative estimate of drug-likeness (QED) is 0.653. The lowest BCUT2D eigenvalue weighted by Gasteiger charge is -2.38. The van der Waals surface area contributed by atoms with E-state index >= 15 is 0 Å². The molecular weight excluding hydrogens is 388 g/mol. The SMILES string of the molecule is CC(C)(C(=O)N1CCN(c2ncccn2)CC1)n1nc(-c2cccs2)ccc1=O. The third-order valence-electron chi connectivity index (χ3n) is 5.03. The van der Waals surface area contributed by atoms with Crippen LogP contribution < -0.4 is 10.5 Å². The van der Waals surface area contributed by atoms with Crippen LogP contribution in [0.15, 0.2) is 52.9 Å². The van der Waals surface area contributed by atoms with Gasteiger partial charge < -0.3 is 9.80 Å². The van der Waals surface area contributed by atoms with E-state index in [0.29, 0.717) is 37.8 Å². The molecule has 0 atom stereocenters. The zero-order valence-electron chi connectivity index (χ0n) is 16.4. The normalized spacial score (nSPS) is 14.8. The predicted molar refractivity (Wildman–Crippen MR) is 112 cm³/mol. The molecule has 1 amide bonds. The van der Waals surface area contributed by atoms with Crippen LogP contribution in [0.2, 0.25) is 0 Å². The topological polar surface area (TPSA) is 84.2 Å². The molecular formula is C20H22N6O2S. The molecule has 4 rings (SSSR count). The van der Waals surface area contributed by atoms with Crippen LogP contribution >= 0.6 is 11.3 Å². The van der Waals surface area contributed by atoms with Gasteiger partial charge >= 0.3 is 0 Å². The molecule has 4 heterocycles. The van der Waals surface area contributed by atoms with Gasteiger partial charge in [-0.15, -0.1) is 11.3 Å². The molecule has 29 heavy (non-hydrogen) atoms. The molecule has 0 unspecified atom stereocenters. The van der Waals surface area contributed by atoms with Crippen molar-refractivity contribution in [1.29, 1.82) is 0 Å². The summed E-state index contributed by atoms with van der Waals surface area (Å²) in [5.74, 6) is 0.546. The zero-order valence-corrected chi connectivity index (χ0v) is 17.2. The molecule has 1 aliphatic rings. The number of anilines is 1. The monoisotopic (exact) mass is 410 g/mol. The Hall–Kier alpha value is -3.07. The Kier molecular flexibility index (Phi) is 5.14. The van der Waals surface area contributed by atoms with E-state index < -0.39 is 5.54 Å². The van der Waals surface area contributed by atoms with Crippen molar-refractivity contribution in [2.45, 2.75) is 19.4 Å². The fourth-order valence-electron chi connectivity index (χ4n) is 3.41. The molecule has 3 aromatic heterocycles. The van der Waals surface area contributed by atoms with Crippen molar-refractivity contribution >= 4 is 23.2 Å². The number of carbonyl (C=O) groups is 1. The second-order valence-electron chi connectivity index (χ2n) is 7.33. The molecule has 150 valence electrons. The summed E-state index contributed by atoms with van der Waals surface area (Å²) < 4.78 is 1.30. The molecule has 0 saturated carbocycles. The highest BCUT2D eigenvalue weighted by Gasteiger charge is 2.37. The maximum absolute atomic E-state index is 13.3. The summed E-state index contributed by atoms with van der Waals surface area (Å²) in [6.45, 7) is 5.86. The molecule has 0 bridgehead atoms. The molecule has 8 nitrogen and oxygen atoms in total. The second kappa shape index (κ2) is 7.75. The summed E-state index contributed by atoms with van der Waals surface area (Å²) in [6.07, 6.45) is 3.42. The fourth-order valence-corrected chi connectivity index (χ4v) is 4.10. The first kappa shape index (κ1) is 19.3. The summed E-state index contributed by atoms with van der Waals surface area (Å²) in [6, 6.07) is 8.83. The third-order valence-corrected chi connectivity index (χ3v) is 5.92. The van der Waals surface area contributed by atoms with Crippen LogP contribution in [-0.2, 0) is 10.3 Å². The lowest BCUT2D eigenvalue weighted by atomic mass is 10.0. The molecule has 0 radical (unpaired) electrons. The highest BCUT2D eigenvalue weighted by Crippen LogP contribution is 2.24.